The van der Waals surface area contributed by atoms with Crippen molar-refractivity contribution in [2.24, 2.45) is 0 Å². The fraction of sp³-hybridized carbons (Fsp3) is 0. The van der Waals surface area contributed by atoms with Gasteiger partial charge in [-0.1, -0.05) is 11.6 Å². The van der Waals surface area contributed by atoms with Crippen LogP contribution in [-0.4, -0.2) is 20.6 Å². The monoisotopic (exact) mass is 222 g/mol. The summed E-state index contributed by atoms with van der Waals surface area (Å²) in [5.74, 6) is 0.404. The number of nitrogens with one attached hydrogen (secondary N) is 1. The first-order valence-corrected chi connectivity index (χ1v) is 4.54. The highest BCUT2D eigenvalue weighted by atomic mass is 35.5. The molecule has 0 saturated heterocycles. The van der Waals surface area contributed by atoms with Crippen molar-refractivity contribution in [1.29, 1.82) is 0 Å². The van der Waals surface area contributed by atoms with E-state index >= 15 is 0 Å². The lowest BCUT2D eigenvalue weighted by Crippen LogP contribution is -2.18. The van der Waals surface area contributed by atoms with E-state index in [9.17, 15) is 4.79 Å². The number of imidazole rings is 1. The number of hydrogen-bond acceptors (Lipinski definition) is 3. The Labute approximate surface area is 90.7 Å². The average Bonchev–Trinajstić information content (AvgIpc) is 2.70. The summed E-state index contributed by atoms with van der Waals surface area (Å²) < 4.78 is 1.31. The van der Waals surface area contributed by atoms with Crippen LogP contribution >= 0.6 is 11.6 Å². The Morgan fingerprint density at radius 3 is 3.00 bits per heavy atom. The van der Waals surface area contributed by atoms with Crippen LogP contribution in [0.1, 0.15) is 0 Å². The molecule has 76 valence electrons. The number of hydrogen-bond donors (Lipinski definition) is 1. The van der Waals surface area contributed by atoms with Gasteiger partial charge in [-0.05, 0) is 12.1 Å². The van der Waals surface area contributed by atoms with Crippen LogP contribution in [-0.2, 0) is 0 Å². The molecule has 2 rings (SSSR count). The number of carbonyl (C=O) groups is 1. The van der Waals surface area contributed by atoms with Crippen LogP contribution in [0.15, 0.2) is 37.1 Å². The largest absolute Gasteiger partial charge is 0.332 e. The van der Waals surface area contributed by atoms with Gasteiger partial charge in [0.1, 0.15) is 12.1 Å². The predicted molar refractivity (Wildman–Crippen MR) is 55.9 cm³/mol. The lowest BCUT2D eigenvalue weighted by Gasteiger charge is -2.03. The number of aromatic nitrogens is 3. The minimum absolute atomic E-state index is 0.331. The molecule has 0 atom stereocenters. The molecule has 0 aliphatic heterocycles. The molecule has 0 aliphatic rings. The van der Waals surface area contributed by atoms with E-state index in [0.29, 0.717) is 10.8 Å². The lowest BCUT2D eigenvalue weighted by atomic mass is 10.4. The number of anilines is 1. The van der Waals surface area contributed by atoms with E-state index in [1.165, 1.54) is 23.3 Å². The summed E-state index contributed by atoms with van der Waals surface area (Å²) in [7, 11) is 0. The first-order chi connectivity index (χ1) is 7.25. The smallest absolute Gasteiger partial charge is 0.292 e. The molecule has 1 N–H and O–H groups in total. The summed E-state index contributed by atoms with van der Waals surface area (Å²) in [6.45, 7) is 0. The van der Waals surface area contributed by atoms with Crippen molar-refractivity contribution in [3.63, 3.8) is 0 Å². The Hall–Kier alpha value is -1.88. The van der Waals surface area contributed by atoms with Gasteiger partial charge in [-0.15, -0.1) is 0 Å². The van der Waals surface area contributed by atoms with Gasteiger partial charge in [0, 0.05) is 23.6 Å². The molecule has 0 aliphatic carbocycles. The molecule has 0 bridgehead atoms. The second kappa shape index (κ2) is 4.10. The van der Waals surface area contributed by atoms with Gasteiger partial charge in [0.25, 0.3) is 0 Å². The van der Waals surface area contributed by atoms with Crippen LogP contribution in [0.4, 0.5) is 10.6 Å². The third kappa shape index (κ3) is 2.32. The summed E-state index contributed by atoms with van der Waals surface area (Å²) in [5.41, 5.74) is 0. The first-order valence-electron chi connectivity index (χ1n) is 4.16. The van der Waals surface area contributed by atoms with Gasteiger partial charge in [0.15, 0.2) is 0 Å². The predicted octanol–water partition coefficient (Wildman–Crippen LogP) is 2.01. The highest BCUT2D eigenvalue weighted by Crippen LogP contribution is 2.11. The zero-order chi connectivity index (χ0) is 10.7. The van der Waals surface area contributed by atoms with E-state index in [0.717, 1.165) is 0 Å². The summed E-state index contributed by atoms with van der Waals surface area (Å²) in [6.07, 6.45) is 5.98. The van der Waals surface area contributed by atoms with Crippen molar-refractivity contribution >= 4 is 23.4 Å². The van der Waals surface area contributed by atoms with E-state index in [1.807, 2.05) is 0 Å². The van der Waals surface area contributed by atoms with Crippen LogP contribution < -0.4 is 5.32 Å². The minimum Gasteiger partial charge on any atom is -0.292 e. The molecule has 0 spiro atoms. The number of amides is 1. The Morgan fingerprint density at radius 2 is 2.33 bits per heavy atom. The molecule has 5 nitrogen and oxygen atoms in total. The molecule has 0 radical (unpaired) electrons. The van der Waals surface area contributed by atoms with Crippen LogP contribution in [0, 0.1) is 0 Å². The van der Waals surface area contributed by atoms with Gasteiger partial charge in [-0.2, -0.15) is 0 Å². The molecule has 0 saturated carbocycles. The van der Waals surface area contributed by atoms with E-state index < -0.39 is 0 Å². The molecule has 2 heterocycles. The Kier molecular flexibility index (Phi) is 2.64. The van der Waals surface area contributed by atoms with Gasteiger partial charge in [-0.3, -0.25) is 9.88 Å². The van der Waals surface area contributed by atoms with Crippen LogP contribution in [0.5, 0.6) is 0 Å². The lowest BCUT2D eigenvalue weighted by molar-refractivity contribution is 0.253. The quantitative estimate of drug-likeness (QED) is 0.803. The maximum absolute atomic E-state index is 11.5. The molecular formula is C9H7ClN4O. The SMILES string of the molecule is O=C(Nc1cc(Cl)ccn1)n1ccnc1. The summed E-state index contributed by atoms with van der Waals surface area (Å²) >= 11 is 5.74. The fourth-order valence-corrected chi connectivity index (χ4v) is 1.19. The molecule has 0 fully saturated rings. The van der Waals surface area contributed by atoms with Crippen LogP contribution in [0.3, 0.4) is 0 Å². The van der Waals surface area contributed by atoms with Crippen molar-refractivity contribution in [3.05, 3.63) is 42.1 Å². The highest BCUT2D eigenvalue weighted by Gasteiger charge is 2.04. The van der Waals surface area contributed by atoms with Crippen LogP contribution in [0.2, 0.25) is 5.02 Å². The van der Waals surface area contributed by atoms with E-state index in [1.54, 1.807) is 18.3 Å². The maximum atomic E-state index is 11.5. The van der Waals surface area contributed by atoms with Gasteiger partial charge in [-0.25, -0.2) is 14.8 Å². The van der Waals surface area contributed by atoms with E-state index in [-0.39, 0.29) is 6.03 Å². The average molecular weight is 223 g/mol. The van der Waals surface area contributed by atoms with Crippen molar-refractivity contribution in [2.75, 3.05) is 5.32 Å². The molecule has 15 heavy (non-hydrogen) atoms. The van der Waals surface area contributed by atoms with E-state index in [4.69, 9.17) is 11.6 Å². The van der Waals surface area contributed by atoms with Crippen molar-refractivity contribution < 1.29 is 4.79 Å². The van der Waals surface area contributed by atoms with Gasteiger partial charge in [0.05, 0.1) is 0 Å². The molecule has 0 aromatic carbocycles. The topological polar surface area (TPSA) is 59.8 Å². The number of nitrogens with zero attached hydrogens (tertiary/aromatic N) is 3. The second-order valence-corrected chi connectivity index (χ2v) is 3.20. The third-order valence-electron chi connectivity index (χ3n) is 1.70. The molecule has 2 aromatic heterocycles. The minimum atomic E-state index is -0.331. The van der Waals surface area contributed by atoms with E-state index in [2.05, 4.69) is 15.3 Å². The molecule has 1 amide bonds. The Balaban J connectivity index is 2.13. The standard InChI is InChI=1S/C9H7ClN4O/c10-7-1-2-12-8(5-7)13-9(15)14-4-3-11-6-14/h1-6H,(H,12,13,15). The van der Waals surface area contributed by atoms with Crippen molar-refractivity contribution in [1.82, 2.24) is 14.5 Å². The summed E-state index contributed by atoms with van der Waals surface area (Å²) in [6, 6.07) is 2.87. The number of rotatable bonds is 1. The Bertz CT molecular complexity index is 469. The zero-order valence-electron chi connectivity index (χ0n) is 7.59. The first kappa shape index (κ1) is 9.67. The molecule has 6 heteroatoms. The van der Waals surface area contributed by atoms with Crippen LogP contribution in [0.25, 0.3) is 0 Å². The van der Waals surface area contributed by atoms with Gasteiger partial charge in [0.2, 0.25) is 0 Å². The third-order valence-corrected chi connectivity index (χ3v) is 1.93. The Morgan fingerprint density at radius 1 is 1.47 bits per heavy atom. The second-order valence-electron chi connectivity index (χ2n) is 2.76. The summed E-state index contributed by atoms with van der Waals surface area (Å²) in [4.78, 5) is 19.2. The van der Waals surface area contributed by atoms with Crippen molar-refractivity contribution in [2.45, 2.75) is 0 Å². The fourth-order valence-electron chi connectivity index (χ4n) is 1.03. The molecular weight excluding hydrogens is 216 g/mol. The molecule has 2 aromatic rings. The number of halogens is 1. The maximum Gasteiger partial charge on any atom is 0.332 e. The van der Waals surface area contributed by atoms with Crippen molar-refractivity contribution in [3.8, 4) is 0 Å². The summed E-state index contributed by atoms with van der Waals surface area (Å²) in [5, 5.41) is 3.09. The normalized spacial score (nSPS) is 9.93. The highest BCUT2D eigenvalue weighted by molar-refractivity contribution is 6.30. The zero-order valence-corrected chi connectivity index (χ0v) is 8.35. The number of pyridine rings is 1. The number of carbonyl (C=O) groups excluding carboxylic acids is 1. The van der Waals surface area contributed by atoms with Gasteiger partial charge >= 0.3 is 6.03 Å². The molecule has 0 unspecified atom stereocenters. The van der Waals surface area contributed by atoms with Gasteiger partial charge < -0.3 is 0 Å².